The summed E-state index contributed by atoms with van der Waals surface area (Å²) in [4.78, 5) is 9.86. The van der Waals surface area contributed by atoms with E-state index in [0.29, 0.717) is 0 Å². The lowest BCUT2D eigenvalue weighted by Gasteiger charge is -2.42. The molecule has 0 saturated heterocycles. The summed E-state index contributed by atoms with van der Waals surface area (Å²) in [5, 5.41) is 19.9. The first-order valence-corrected chi connectivity index (χ1v) is 38.4. The smallest absolute Gasteiger partial charge is 0.137 e. The van der Waals surface area contributed by atoms with Crippen molar-refractivity contribution in [1.82, 2.24) is 0 Å². The first-order valence-electron chi connectivity index (χ1n) is 37.5. The minimum Gasteiger partial charge on any atom is -0.456 e. The van der Waals surface area contributed by atoms with E-state index in [0.717, 1.165) is 61.8 Å². The van der Waals surface area contributed by atoms with Crippen molar-refractivity contribution in [2.45, 2.75) is 52.4 Å². The Bertz CT molecular complexity index is 6950. The molecule has 2 aromatic heterocycles. The first-order chi connectivity index (χ1) is 52.9. The van der Waals surface area contributed by atoms with Crippen LogP contribution in [0.15, 0.2) is 344 Å². The van der Waals surface area contributed by atoms with Crippen LogP contribution < -0.4 is 19.6 Å². The van der Waals surface area contributed by atoms with E-state index in [1.165, 1.54) is 147 Å². The molecule has 2 aliphatic heterocycles. The lowest BCUT2D eigenvalue weighted by molar-refractivity contribution is 0.631. The van der Waals surface area contributed by atoms with Gasteiger partial charge in [0.15, 0.2) is 0 Å². The lowest BCUT2D eigenvalue weighted by Crippen LogP contribution is -2.30. The fourth-order valence-electron chi connectivity index (χ4n) is 18.2. The Morgan fingerprint density at radius 3 is 1.37 bits per heavy atom. The third-order valence-electron chi connectivity index (χ3n) is 23.5. The number of thiophene rings is 1. The Morgan fingerprint density at radius 1 is 0.259 bits per heavy atom. The van der Waals surface area contributed by atoms with Crippen molar-refractivity contribution in [3.8, 4) is 0 Å². The van der Waals surface area contributed by atoms with Gasteiger partial charge in [-0.15, -0.1) is 11.3 Å². The van der Waals surface area contributed by atoms with Gasteiger partial charge in [-0.05, 0) is 194 Å². The number of nitrogens with zero attached hydrogens (tertiary/aromatic N) is 4. The van der Waals surface area contributed by atoms with Crippen molar-refractivity contribution in [1.29, 1.82) is 0 Å². The molecule has 2 aliphatic rings. The topological polar surface area (TPSA) is 26.1 Å². The van der Waals surface area contributed by atoms with Crippen LogP contribution >= 0.6 is 11.3 Å². The first kappa shape index (κ1) is 63.5. The predicted molar refractivity (Wildman–Crippen MR) is 462 cm³/mol. The summed E-state index contributed by atoms with van der Waals surface area (Å²) in [5.41, 5.74) is 23.3. The SMILES string of the molecule is CC1(C)c2ccccc2N(c2cc3c4ccccc4c(N(c4ccccc4)c4ccccc4)cc3c3ccccc23)c2cc3oc4ccccc4c3cc21.Cc1ccc(N(c2ccc(C)cc2)c2ccc3ccc4c(N5c6ccccc6C(C)(C)c6cc7c(cc65)sc5ccccc57)ccc5ccc2c3c54)cc1. The molecule has 0 N–H and O–H groups in total. The fourth-order valence-corrected chi connectivity index (χ4v) is 19.3. The standard InChI is InChI=1S/C51H36N2O.C51H38N2S/c1-51(2)43-26-14-15-27-45(43)53(48-32-50-42(29-44(48)51)39-25-13-16-28-49(39)54-50)47-31-41-35-21-9-11-23-37(35)46(30-40(41)36-22-10-12-24-38(36)47)52(33-17-5-3-6-18-33)34-19-7-4-8-20-34;1-31-13-21-35(22-14-31)52(36-23-15-32(2)16-24-36)43-27-19-33-18-26-39-44(28-20-34-17-25-38(43)49(33)50(34)39)53-45-11-7-6-10-41(45)51(3,4)42-29-40-37-9-5-8-12-47(37)54-48(40)30-46(42)53/h3-32H,1-2H3;5-30H,1-4H3. The lowest BCUT2D eigenvalue weighted by atomic mass is 9.73. The van der Waals surface area contributed by atoms with E-state index < -0.39 is 0 Å². The zero-order chi connectivity index (χ0) is 72.3. The number of aryl methyl sites for hydroxylation is 2. The van der Waals surface area contributed by atoms with Crippen LogP contribution in [0.2, 0.25) is 0 Å². The van der Waals surface area contributed by atoms with Gasteiger partial charge in [0.25, 0.3) is 0 Å². The second kappa shape index (κ2) is 24.3. The summed E-state index contributed by atoms with van der Waals surface area (Å²) in [6.45, 7) is 13.8. The van der Waals surface area contributed by atoms with Crippen molar-refractivity contribution >= 4 is 186 Å². The van der Waals surface area contributed by atoms with Gasteiger partial charge >= 0.3 is 0 Å². The number of hydrogen-bond acceptors (Lipinski definition) is 6. The van der Waals surface area contributed by atoms with Gasteiger partial charge in [-0.2, -0.15) is 0 Å². The van der Waals surface area contributed by atoms with Crippen LogP contribution in [-0.2, 0) is 10.8 Å². The maximum absolute atomic E-state index is 6.55. The molecular formula is C102H74N4OS. The average molecular weight is 1400 g/mol. The summed E-state index contributed by atoms with van der Waals surface area (Å²) in [7, 11) is 0. The van der Waals surface area contributed by atoms with Gasteiger partial charge in [-0.3, -0.25) is 0 Å². The van der Waals surface area contributed by atoms with E-state index in [1.807, 2.05) is 17.4 Å². The van der Waals surface area contributed by atoms with Gasteiger partial charge in [0.05, 0.1) is 45.5 Å². The van der Waals surface area contributed by atoms with Gasteiger partial charge in [0.1, 0.15) is 11.2 Å². The molecule has 20 aromatic rings. The van der Waals surface area contributed by atoms with Crippen LogP contribution in [0, 0.1) is 13.8 Å². The molecule has 5 nitrogen and oxygen atoms in total. The number of rotatable bonds is 8. The second-order valence-electron chi connectivity index (χ2n) is 30.5. The molecular weight excluding hydrogens is 1330 g/mol. The molecule has 22 rings (SSSR count). The Kier molecular flexibility index (Phi) is 14.3. The van der Waals surface area contributed by atoms with Crippen molar-refractivity contribution in [2.24, 2.45) is 0 Å². The Morgan fingerprint density at radius 2 is 0.722 bits per heavy atom. The normalized spacial score (nSPS) is 13.6. The van der Waals surface area contributed by atoms with Crippen LogP contribution in [0.1, 0.15) is 61.1 Å². The maximum Gasteiger partial charge on any atom is 0.137 e. The minimum atomic E-state index is -0.235. The van der Waals surface area contributed by atoms with Gasteiger partial charge in [-0.1, -0.05) is 257 Å². The molecule has 514 valence electrons. The van der Waals surface area contributed by atoms with Crippen LogP contribution in [0.5, 0.6) is 0 Å². The highest BCUT2D eigenvalue weighted by molar-refractivity contribution is 7.25. The summed E-state index contributed by atoms with van der Waals surface area (Å²) in [5.74, 6) is 0. The summed E-state index contributed by atoms with van der Waals surface area (Å²) >= 11 is 1.89. The Balaban J connectivity index is 0.000000138. The quantitative estimate of drug-likeness (QED) is 0.141. The van der Waals surface area contributed by atoms with Crippen molar-refractivity contribution in [3.05, 3.63) is 373 Å². The molecule has 0 amide bonds. The monoisotopic (exact) mass is 1400 g/mol. The molecule has 0 aliphatic carbocycles. The highest BCUT2D eigenvalue weighted by atomic mass is 32.1. The molecule has 6 heteroatoms. The number of para-hydroxylation sites is 5. The Hall–Kier alpha value is -13.0. The van der Waals surface area contributed by atoms with E-state index in [4.69, 9.17) is 4.42 Å². The van der Waals surface area contributed by atoms with E-state index in [-0.39, 0.29) is 10.8 Å². The van der Waals surface area contributed by atoms with E-state index in [9.17, 15) is 0 Å². The largest absolute Gasteiger partial charge is 0.456 e. The van der Waals surface area contributed by atoms with Crippen molar-refractivity contribution < 1.29 is 4.42 Å². The molecule has 0 bridgehead atoms. The van der Waals surface area contributed by atoms with Crippen LogP contribution in [-0.4, -0.2) is 0 Å². The molecule has 108 heavy (non-hydrogen) atoms. The average Bonchev–Trinajstić information content (AvgIpc) is 1.01. The van der Waals surface area contributed by atoms with E-state index in [1.54, 1.807) is 0 Å². The number of hydrogen-bond donors (Lipinski definition) is 0. The van der Waals surface area contributed by atoms with Crippen molar-refractivity contribution in [3.63, 3.8) is 0 Å². The molecule has 18 aromatic carbocycles. The second-order valence-corrected chi connectivity index (χ2v) is 31.5. The van der Waals surface area contributed by atoms with Gasteiger partial charge < -0.3 is 24.0 Å². The minimum absolute atomic E-state index is 0.173. The molecule has 0 radical (unpaired) electrons. The summed E-state index contributed by atoms with van der Waals surface area (Å²) < 4.78 is 9.21. The third kappa shape index (κ3) is 9.69. The van der Waals surface area contributed by atoms with E-state index in [2.05, 4.69) is 395 Å². The van der Waals surface area contributed by atoms with E-state index >= 15 is 0 Å². The van der Waals surface area contributed by atoms with Gasteiger partial charge in [0.2, 0.25) is 0 Å². The van der Waals surface area contributed by atoms with Crippen LogP contribution in [0.25, 0.3) is 107 Å². The number of fused-ring (bicyclic) bond motifs is 15. The van der Waals surface area contributed by atoms with Crippen molar-refractivity contribution in [2.75, 3.05) is 19.6 Å². The number of benzene rings is 18. The fraction of sp³-hybridized carbons (Fsp3) is 0.0784. The zero-order valence-corrected chi connectivity index (χ0v) is 61.8. The highest BCUT2D eigenvalue weighted by Crippen LogP contribution is 2.59. The molecule has 0 spiro atoms. The summed E-state index contributed by atoms with van der Waals surface area (Å²) in [6.07, 6.45) is 0. The maximum atomic E-state index is 6.55. The number of anilines is 12. The van der Waals surface area contributed by atoms with Crippen LogP contribution in [0.4, 0.5) is 68.2 Å². The van der Waals surface area contributed by atoms with Gasteiger partial charge in [0, 0.05) is 92.1 Å². The third-order valence-corrected chi connectivity index (χ3v) is 24.6. The molecule has 0 unspecified atom stereocenters. The predicted octanol–water partition coefficient (Wildman–Crippen LogP) is 29.8. The molecule has 0 atom stereocenters. The van der Waals surface area contributed by atoms with Gasteiger partial charge in [-0.25, -0.2) is 0 Å². The van der Waals surface area contributed by atoms with Crippen LogP contribution in [0.3, 0.4) is 0 Å². The number of furan rings is 1. The Labute approximate surface area is 631 Å². The zero-order valence-electron chi connectivity index (χ0n) is 60.9. The highest BCUT2D eigenvalue weighted by Gasteiger charge is 2.41. The molecule has 4 heterocycles. The summed E-state index contributed by atoms with van der Waals surface area (Å²) in [6, 6.07) is 125. The molecule has 0 fully saturated rings. The molecule has 0 saturated carbocycles.